The van der Waals surface area contributed by atoms with Crippen molar-refractivity contribution >= 4 is 22.9 Å². The van der Waals surface area contributed by atoms with Crippen molar-refractivity contribution in [1.82, 2.24) is 16.0 Å². The maximum absolute atomic E-state index is 11.6. The number of nitrogens with one attached hydrogen (secondary N) is 3. The second kappa shape index (κ2) is 5.54. The zero-order valence-electron chi connectivity index (χ0n) is 9.12. The molecule has 0 aromatic heterocycles. The molecular formula is C10H17N3O2S. The zero-order valence-corrected chi connectivity index (χ0v) is 9.94. The lowest BCUT2D eigenvalue weighted by Crippen LogP contribution is -2.43. The molecule has 0 bridgehead atoms. The van der Waals surface area contributed by atoms with Gasteiger partial charge in [0.15, 0.2) is 0 Å². The monoisotopic (exact) mass is 243 g/mol. The first-order valence-corrected chi connectivity index (χ1v) is 6.66. The Morgan fingerprint density at radius 3 is 3.06 bits per heavy atom. The van der Waals surface area contributed by atoms with E-state index in [1.807, 2.05) is 0 Å². The zero-order chi connectivity index (χ0) is 11.4. The number of amides is 2. The van der Waals surface area contributed by atoms with Crippen LogP contribution in [-0.2, 0) is 4.79 Å². The van der Waals surface area contributed by atoms with E-state index in [2.05, 4.69) is 16.0 Å². The van der Waals surface area contributed by atoms with Gasteiger partial charge in [-0.15, -0.1) is 0 Å². The fourth-order valence-electron chi connectivity index (χ4n) is 2.01. The minimum Gasteiger partial charge on any atom is -0.354 e. The van der Waals surface area contributed by atoms with E-state index in [0.717, 1.165) is 19.5 Å². The lowest BCUT2D eigenvalue weighted by atomic mass is 10.1. The van der Waals surface area contributed by atoms with Crippen LogP contribution in [0.2, 0.25) is 0 Å². The molecule has 0 aromatic carbocycles. The van der Waals surface area contributed by atoms with Crippen molar-refractivity contribution in [1.29, 1.82) is 0 Å². The molecule has 2 heterocycles. The molecule has 5 nitrogen and oxygen atoms in total. The van der Waals surface area contributed by atoms with Gasteiger partial charge in [-0.3, -0.25) is 9.59 Å². The van der Waals surface area contributed by atoms with Gasteiger partial charge in [0.1, 0.15) is 6.04 Å². The molecule has 2 amide bonds. The largest absolute Gasteiger partial charge is 0.354 e. The minimum absolute atomic E-state index is 0.0516. The van der Waals surface area contributed by atoms with Crippen molar-refractivity contribution in [3.63, 3.8) is 0 Å². The first kappa shape index (κ1) is 11.7. The molecule has 0 radical (unpaired) electrons. The molecule has 0 aliphatic carbocycles. The Morgan fingerprint density at radius 1 is 1.56 bits per heavy atom. The Morgan fingerprint density at radius 2 is 2.44 bits per heavy atom. The standard InChI is InChI=1S/C10H17N3O2S/c14-9(8-6-16-10(15)13-8)12-4-2-7-1-3-11-5-7/h7-8,11H,1-6H2,(H,12,14)(H,13,15). The normalized spacial score (nSPS) is 29.1. The quantitative estimate of drug-likeness (QED) is 0.646. The van der Waals surface area contributed by atoms with Gasteiger partial charge in [0.05, 0.1) is 0 Å². The van der Waals surface area contributed by atoms with Crippen LogP contribution in [0, 0.1) is 5.92 Å². The van der Waals surface area contributed by atoms with Gasteiger partial charge in [0.2, 0.25) is 5.91 Å². The summed E-state index contributed by atoms with van der Waals surface area (Å²) in [4.78, 5) is 22.5. The highest BCUT2D eigenvalue weighted by atomic mass is 32.2. The second-order valence-electron chi connectivity index (χ2n) is 4.23. The fraction of sp³-hybridized carbons (Fsp3) is 0.800. The molecule has 16 heavy (non-hydrogen) atoms. The van der Waals surface area contributed by atoms with Crippen molar-refractivity contribution in [2.75, 3.05) is 25.4 Å². The van der Waals surface area contributed by atoms with E-state index < -0.39 is 0 Å². The summed E-state index contributed by atoms with van der Waals surface area (Å²) in [6.07, 6.45) is 2.22. The highest BCUT2D eigenvalue weighted by molar-refractivity contribution is 8.14. The maximum Gasteiger partial charge on any atom is 0.279 e. The third-order valence-electron chi connectivity index (χ3n) is 3.00. The lowest BCUT2D eigenvalue weighted by Gasteiger charge is -2.12. The molecule has 2 atom stereocenters. The topological polar surface area (TPSA) is 70.2 Å². The van der Waals surface area contributed by atoms with Crippen molar-refractivity contribution in [3.8, 4) is 0 Å². The van der Waals surface area contributed by atoms with E-state index >= 15 is 0 Å². The fourth-order valence-corrected chi connectivity index (χ4v) is 2.79. The first-order chi connectivity index (χ1) is 7.75. The third kappa shape index (κ3) is 3.12. The van der Waals surface area contributed by atoms with Crippen LogP contribution in [0.25, 0.3) is 0 Å². The molecule has 2 aliphatic heterocycles. The van der Waals surface area contributed by atoms with Gasteiger partial charge in [-0.05, 0) is 31.8 Å². The predicted molar refractivity (Wildman–Crippen MR) is 63.4 cm³/mol. The Hall–Kier alpha value is -0.750. The number of hydrogen-bond acceptors (Lipinski definition) is 4. The van der Waals surface area contributed by atoms with Crippen LogP contribution in [0.15, 0.2) is 0 Å². The summed E-state index contributed by atoms with van der Waals surface area (Å²) >= 11 is 1.17. The van der Waals surface area contributed by atoms with Crippen LogP contribution in [-0.4, -0.2) is 42.6 Å². The summed E-state index contributed by atoms with van der Waals surface area (Å²) in [5.74, 6) is 1.19. The molecule has 90 valence electrons. The van der Waals surface area contributed by atoms with Crippen LogP contribution in [0.4, 0.5) is 4.79 Å². The van der Waals surface area contributed by atoms with Crippen molar-refractivity contribution in [2.45, 2.75) is 18.9 Å². The van der Waals surface area contributed by atoms with E-state index in [4.69, 9.17) is 0 Å². The molecule has 0 saturated carbocycles. The first-order valence-electron chi connectivity index (χ1n) is 5.67. The predicted octanol–water partition coefficient (Wildman–Crippen LogP) is -0.0728. The molecule has 2 unspecified atom stereocenters. The van der Waals surface area contributed by atoms with Gasteiger partial charge < -0.3 is 16.0 Å². The van der Waals surface area contributed by atoms with Crippen molar-refractivity contribution < 1.29 is 9.59 Å². The van der Waals surface area contributed by atoms with E-state index in [1.165, 1.54) is 18.2 Å². The summed E-state index contributed by atoms with van der Waals surface area (Å²) in [6, 6.07) is -0.334. The highest BCUT2D eigenvalue weighted by Crippen LogP contribution is 2.13. The molecule has 2 aliphatic rings. The molecule has 2 fully saturated rings. The maximum atomic E-state index is 11.6. The summed E-state index contributed by atoms with van der Waals surface area (Å²) < 4.78 is 0. The molecule has 3 N–H and O–H groups in total. The third-order valence-corrected chi connectivity index (χ3v) is 3.88. The van der Waals surface area contributed by atoms with Gasteiger partial charge in [-0.2, -0.15) is 0 Å². The Balaban J connectivity index is 1.61. The molecular weight excluding hydrogens is 226 g/mol. The van der Waals surface area contributed by atoms with Gasteiger partial charge in [0.25, 0.3) is 5.24 Å². The van der Waals surface area contributed by atoms with Crippen molar-refractivity contribution in [3.05, 3.63) is 0 Å². The summed E-state index contributed by atoms with van der Waals surface area (Å²) in [7, 11) is 0. The van der Waals surface area contributed by atoms with Crippen molar-refractivity contribution in [2.24, 2.45) is 5.92 Å². The van der Waals surface area contributed by atoms with Gasteiger partial charge in [-0.25, -0.2) is 0 Å². The van der Waals surface area contributed by atoms with Crippen LogP contribution in [0.1, 0.15) is 12.8 Å². The Kier molecular flexibility index (Phi) is 4.06. The number of rotatable bonds is 4. The number of thioether (sulfide) groups is 1. The molecule has 2 saturated heterocycles. The number of carbonyl (C=O) groups excluding carboxylic acids is 2. The van der Waals surface area contributed by atoms with E-state index in [-0.39, 0.29) is 17.2 Å². The summed E-state index contributed by atoms with van der Waals surface area (Å²) in [6.45, 7) is 2.86. The molecule has 6 heteroatoms. The Labute approximate surface area is 99.1 Å². The second-order valence-corrected chi connectivity index (χ2v) is 5.23. The molecule has 2 rings (SSSR count). The van der Waals surface area contributed by atoms with Gasteiger partial charge in [-0.1, -0.05) is 11.8 Å². The van der Waals surface area contributed by atoms with Crippen LogP contribution < -0.4 is 16.0 Å². The SMILES string of the molecule is O=C1NC(C(=O)NCCC2CCNC2)CS1. The molecule has 0 aromatic rings. The highest BCUT2D eigenvalue weighted by Gasteiger charge is 2.27. The van der Waals surface area contributed by atoms with E-state index in [9.17, 15) is 9.59 Å². The average Bonchev–Trinajstić information content (AvgIpc) is 2.89. The van der Waals surface area contributed by atoms with Gasteiger partial charge >= 0.3 is 0 Å². The van der Waals surface area contributed by atoms with E-state index in [0.29, 0.717) is 18.2 Å². The summed E-state index contributed by atoms with van der Waals surface area (Å²) in [5.41, 5.74) is 0. The lowest BCUT2D eigenvalue weighted by molar-refractivity contribution is -0.122. The summed E-state index contributed by atoms with van der Waals surface area (Å²) in [5, 5.41) is 8.71. The average molecular weight is 243 g/mol. The Bertz CT molecular complexity index is 279. The van der Waals surface area contributed by atoms with Gasteiger partial charge in [0, 0.05) is 12.3 Å². The number of hydrogen-bond donors (Lipinski definition) is 3. The minimum atomic E-state index is -0.334. The van der Waals surface area contributed by atoms with Crippen LogP contribution in [0.5, 0.6) is 0 Å². The molecule has 0 spiro atoms. The van der Waals surface area contributed by atoms with Crippen LogP contribution in [0.3, 0.4) is 0 Å². The number of carbonyl (C=O) groups is 2. The van der Waals surface area contributed by atoms with Crippen LogP contribution >= 0.6 is 11.8 Å². The smallest absolute Gasteiger partial charge is 0.279 e. The van der Waals surface area contributed by atoms with E-state index in [1.54, 1.807) is 0 Å².